The van der Waals surface area contributed by atoms with Crippen LogP contribution in [0.25, 0.3) is 10.9 Å². The molecule has 3 aliphatic rings. The molecule has 16 heteroatoms. The van der Waals surface area contributed by atoms with Crippen molar-refractivity contribution in [2.75, 3.05) is 58.9 Å². The summed E-state index contributed by atoms with van der Waals surface area (Å²) in [5, 5.41) is 16.8. The normalized spacial score (nSPS) is 16.9. The number of hydrogen-bond donors (Lipinski definition) is 2. The number of fused-ring (bicyclic) bond motifs is 2. The monoisotopic (exact) mass is 827 g/mol. The van der Waals surface area contributed by atoms with Gasteiger partial charge in [-0.1, -0.05) is 35.3 Å². The Labute approximate surface area is 345 Å². The van der Waals surface area contributed by atoms with Gasteiger partial charge < -0.3 is 29.3 Å². The zero-order chi connectivity index (χ0) is 40.9. The lowest BCUT2D eigenvalue weighted by atomic mass is 9.98. The second-order valence-electron chi connectivity index (χ2n) is 14.4. The van der Waals surface area contributed by atoms with Gasteiger partial charge in [-0.15, -0.1) is 0 Å². The van der Waals surface area contributed by atoms with Crippen LogP contribution in [0.2, 0.25) is 10.0 Å². The number of nitrogens with one attached hydrogen (secondary N) is 2. The van der Waals surface area contributed by atoms with Gasteiger partial charge >= 0.3 is 0 Å². The van der Waals surface area contributed by atoms with Crippen LogP contribution in [-0.4, -0.2) is 103 Å². The summed E-state index contributed by atoms with van der Waals surface area (Å²) in [6.45, 7) is 4.38. The van der Waals surface area contributed by atoms with Crippen molar-refractivity contribution in [1.29, 1.82) is 5.26 Å². The number of methoxy groups -OCH3 is 2. The number of amides is 4. The average Bonchev–Trinajstić information content (AvgIpc) is 3.56. The minimum atomic E-state index is -0.657. The highest BCUT2D eigenvalue weighted by Gasteiger charge is 2.39. The first-order valence-corrected chi connectivity index (χ1v) is 19.9. The molecule has 0 bridgehead atoms. The topological polar surface area (TPSA) is 166 Å². The molecule has 4 aromatic rings. The van der Waals surface area contributed by atoms with Crippen LogP contribution in [0.3, 0.4) is 0 Å². The van der Waals surface area contributed by atoms with Gasteiger partial charge in [0.2, 0.25) is 17.7 Å². The van der Waals surface area contributed by atoms with Crippen molar-refractivity contribution in [1.82, 2.24) is 25.0 Å². The zero-order valence-electron chi connectivity index (χ0n) is 32.2. The number of aryl methyl sites for hydroxylation is 1. The number of benzene rings is 3. The summed E-state index contributed by atoms with van der Waals surface area (Å²) in [7, 11) is 3.06. The van der Waals surface area contributed by atoms with Crippen LogP contribution in [0.15, 0.2) is 48.7 Å². The minimum absolute atomic E-state index is 0.116. The summed E-state index contributed by atoms with van der Waals surface area (Å²) >= 11 is 12.7. The lowest BCUT2D eigenvalue weighted by molar-refractivity contribution is -0.137. The SMILES string of the molecule is COc1cc(Nc2c(C#N)cnc3cc(OCCCN4CCN(C(=O)CCCc5cccc6c5CN(C5CCC(=O)NC5=O)C6=O)CC4)c(OC)cc23)c(Cl)cc1Cl. The molecule has 2 saturated heterocycles. The molecule has 14 nitrogen and oxygen atoms in total. The van der Waals surface area contributed by atoms with E-state index in [-0.39, 0.29) is 24.1 Å². The minimum Gasteiger partial charge on any atom is -0.495 e. The Kier molecular flexibility index (Phi) is 12.5. The maximum absolute atomic E-state index is 13.2. The molecule has 2 N–H and O–H groups in total. The van der Waals surface area contributed by atoms with Crippen LogP contribution < -0.4 is 24.8 Å². The quantitative estimate of drug-likeness (QED) is 0.115. The van der Waals surface area contributed by atoms with Crippen LogP contribution in [0.5, 0.6) is 17.2 Å². The van der Waals surface area contributed by atoms with Crippen molar-refractivity contribution in [3.63, 3.8) is 0 Å². The lowest BCUT2D eigenvalue weighted by Gasteiger charge is -2.34. The molecule has 4 heterocycles. The second kappa shape index (κ2) is 17.9. The van der Waals surface area contributed by atoms with E-state index in [2.05, 4.69) is 26.6 Å². The third-order valence-corrected chi connectivity index (χ3v) is 11.5. The molecule has 7 rings (SSSR count). The third-order valence-electron chi connectivity index (χ3n) is 10.9. The number of ether oxygens (including phenoxy) is 3. The van der Waals surface area contributed by atoms with E-state index in [1.165, 1.54) is 13.3 Å². The number of nitrogens with zero attached hydrogens (tertiary/aromatic N) is 5. The zero-order valence-corrected chi connectivity index (χ0v) is 33.8. The van der Waals surface area contributed by atoms with Gasteiger partial charge in [0.15, 0.2) is 11.5 Å². The number of anilines is 2. The molecule has 0 aliphatic carbocycles. The van der Waals surface area contributed by atoms with E-state index >= 15 is 0 Å². The number of aromatic nitrogens is 1. The summed E-state index contributed by atoms with van der Waals surface area (Å²) in [4.78, 5) is 60.7. The van der Waals surface area contributed by atoms with Gasteiger partial charge in [0.25, 0.3) is 5.91 Å². The standard InChI is InChI=1S/C42H43Cl2N7O7/c1-56-35-21-33(30(43)19-31(35)44)47-40-26(22-45)23-46-32-20-37(36(57-2)18-28(32)40)58-17-5-12-49-13-15-50(16-14-49)39(53)9-4-7-25-6-3-8-27-29(25)24-51(42(27)55)34-10-11-38(52)48-41(34)54/h3,6,8,18-21,23,34H,4-5,7,9-17,24H2,1-2H3,(H,46,47)(H,48,52,54). The number of nitriles is 1. The van der Waals surface area contributed by atoms with E-state index in [0.29, 0.717) is 113 Å². The van der Waals surface area contributed by atoms with Crippen LogP contribution in [0.1, 0.15) is 59.2 Å². The van der Waals surface area contributed by atoms with E-state index in [1.807, 2.05) is 17.0 Å². The molecular formula is C42H43Cl2N7O7. The number of piperazine rings is 1. The highest BCUT2D eigenvalue weighted by Crippen LogP contribution is 2.40. The van der Waals surface area contributed by atoms with Crippen molar-refractivity contribution in [2.24, 2.45) is 0 Å². The highest BCUT2D eigenvalue weighted by atomic mass is 35.5. The third kappa shape index (κ3) is 8.62. The Bertz CT molecular complexity index is 2310. The fourth-order valence-electron chi connectivity index (χ4n) is 7.77. The van der Waals surface area contributed by atoms with Crippen molar-refractivity contribution in [3.05, 3.63) is 81.0 Å². The Morgan fingerprint density at radius 1 is 1.00 bits per heavy atom. The van der Waals surface area contributed by atoms with E-state index in [4.69, 9.17) is 37.4 Å². The Morgan fingerprint density at radius 3 is 2.53 bits per heavy atom. The molecule has 1 atom stereocenters. The summed E-state index contributed by atoms with van der Waals surface area (Å²) in [6.07, 6.45) is 4.48. The van der Waals surface area contributed by atoms with Gasteiger partial charge in [0.1, 0.15) is 17.9 Å². The number of imide groups is 1. The summed E-state index contributed by atoms with van der Waals surface area (Å²) in [5.41, 5.74) is 4.40. The van der Waals surface area contributed by atoms with E-state index in [1.54, 1.807) is 42.3 Å². The molecule has 0 saturated carbocycles. The van der Waals surface area contributed by atoms with E-state index < -0.39 is 11.9 Å². The Hall–Kier alpha value is -5.62. The predicted octanol–water partition coefficient (Wildman–Crippen LogP) is 5.87. The largest absolute Gasteiger partial charge is 0.495 e. The molecule has 4 amide bonds. The van der Waals surface area contributed by atoms with Crippen LogP contribution in [0, 0.1) is 11.3 Å². The number of carbonyl (C=O) groups is 4. The molecule has 0 radical (unpaired) electrons. The number of pyridine rings is 1. The molecule has 1 unspecified atom stereocenters. The fourth-order valence-corrected chi connectivity index (χ4v) is 8.28. The number of piperidine rings is 1. The van der Waals surface area contributed by atoms with E-state index in [9.17, 15) is 24.4 Å². The second-order valence-corrected chi connectivity index (χ2v) is 15.2. The molecule has 3 aliphatic heterocycles. The first-order chi connectivity index (χ1) is 28.1. The molecule has 1 aromatic heterocycles. The van der Waals surface area contributed by atoms with Crippen molar-refractivity contribution < 1.29 is 33.4 Å². The number of halogens is 2. The summed E-state index contributed by atoms with van der Waals surface area (Å²) < 4.78 is 17.2. The molecule has 3 aromatic carbocycles. The summed E-state index contributed by atoms with van der Waals surface area (Å²) in [5.74, 6) is 0.620. The Morgan fingerprint density at radius 2 is 1.79 bits per heavy atom. The smallest absolute Gasteiger partial charge is 0.255 e. The van der Waals surface area contributed by atoms with Gasteiger partial charge in [-0.05, 0) is 55.0 Å². The van der Waals surface area contributed by atoms with E-state index in [0.717, 1.165) is 37.2 Å². The number of carbonyl (C=O) groups excluding carboxylic acids is 4. The van der Waals surface area contributed by atoms with Crippen molar-refractivity contribution >= 4 is 69.1 Å². The Balaban J connectivity index is 0.876. The number of hydrogen-bond acceptors (Lipinski definition) is 11. The van der Waals surface area contributed by atoms with Gasteiger partial charge in [-0.25, -0.2) is 0 Å². The molecule has 2 fully saturated rings. The van der Waals surface area contributed by atoms with Gasteiger partial charge in [-0.3, -0.25) is 34.4 Å². The van der Waals surface area contributed by atoms with Crippen molar-refractivity contribution in [2.45, 2.75) is 51.1 Å². The average molecular weight is 829 g/mol. The van der Waals surface area contributed by atoms with Gasteiger partial charge in [0.05, 0.1) is 53.3 Å². The van der Waals surface area contributed by atoms with Crippen molar-refractivity contribution in [3.8, 4) is 23.3 Å². The van der Waals surface area contributed by atoms with Crippen LogP contribution in [-0.2, 0) is 27.3 Å². The predicted molar refractivity (Wildman–Crippen MR) is 218 cm³/mol. The summed E-state index contributed by atoms with van der Waals surface area (Å²) in [6, 6.07) is 13.9. The molecule has 302 valence electrons. The number of rotatable bonds is 14. The highest BCUT2D eigenvalue weighted by molar-refractivity contribution is 6.37. The van der Waals surface area contributed by atoms with Gasteiger partial charge in [0, 0.05) is 81.4 Å². The van der Waals surface area contributed by atoms with Crippen LogP contribution in [0.4, 0.5) is 11.4 Å². The molecular weight excluding hydrogens is 785 g/mol. The maximum Gasteiger partial charge on any atom is 0.255 e. The van der Waals surface area contributed by atoms with Gasteiger partial charge in [-0.2, -0.15) is 5.26 Å². The lowest BCUT2D eigenvalue weighted by Crippen LogP contribution is -2.52. The first kappa shape index (κ1) is 40.6. The molecule has 58 heavy (non-hydrogen) atoms. The maximum atomic E-state index is 13.2. The fraction of sp³-hybridized carbons (Fsp3) is 0.381. The first-order valence-electron chi connectivity index (χ1n) is 19.2. The van der Waals surface area contributed by atoms with Crippen LogP contribution >= 0.6 is 23.2 Å². The molecule has 0 spiro atoms.